The van der Waals surface area contributed by atoms with E-state index in [1.54, 1.807) is 0 Å². The number of nitrogens with one attached hydrogen (secondary N) is 1. The van der Waals surface area contributed by atoms with Crippen molar-refractivity contribution in [3.05, 3.63) is 29.7 Å². The number of hydrogen-bond donors (Lipinski definition) is 2. The quantitative estimate of drug-likeness (QED) is 0.765. The fourth-order valence-corrected chi connectivity index (χ4v) is 4.06. The van der Waals surface area contributed by atoms with Crippen LogP contribution >= 0.6 is 0 Å². The molecule has 9 heteroatoms. The summed E-state index contributed by atoms with van der Waals surface area (Å²) in [5, 5.41) is 4.08. The van der Waals surface area contributed by atoms with Gasteiger partial charge in [0.1, 0.15) is 0 Å². The normalized spacial score (nSPS) is 20.8. The number of nitrogen functional groups attached to an aromatic ring is 1. The first kappa shape index (κ1) is 15.8. The average Bonchev–Trinajstić information content (AvgIpc) is 2.71. The number of nitrogens with two attached hydrogens (primary N) is 1. The van der Waals surface area contributed by atoms with E-state index in [1.807, 2.05) is 0 Å². The Morgan fingerprint density at radius 2 is 2.00 bits per heavy atom. The van der Waals surface area contributed by atoms with Gasteiger partial charge in [0.15, 0.2) is 9.84 Å². The zero-order valence-electron chi connectivity index (χ0n) is 11.6. The maximum atomic E-state index is 12.1. The van der Waals surface area contributed by atoms with Crippen LogP contribution in [0.3, 0.4) is 0 Å². The Morgan fingerprint density at radius 1 is 1.33 bits per heavy atom. The van der Waals surface area contributed by atoms with Crippen LogP contribution in [0.25, 0.3) is 0 Å². The maximum absolute atomic E-state index is 12.1. The third kappa shape index (κ3) is 3.36. The minimum absolute atomic E-state index is 0.0723. The molecule has 2 rings (SSSR count). The van der Waals surface area contributed by atoms with Crippen LogP contribution in [0.15, 0.2) is 34.6 Å². The summed E-state index contributed by atoms with van der Waals surface area (Å²) in [6.07, 6.45) is 1.52. The summed E-state index contributed by atoms with van der Waals surface area (Å²) in [7, 11) is -3.89. The fraction of sp³-hybridized carbons (Fsp3) is 0.333. The van der Waals surface area contributed by atoms with Crippen LogP contribution in [0.4, 0.5) is 11.4 Å². The summed E-state index contributed by atoms with van der Waals surface area (Å²) < 4.78 is 48.0. The molecule has 0 radical (unpaired) electrons. The van der Waals surface area contributed by atoms with Crippen LogP contribution in [0.2, 0.25) is 0 Å². The van der Waals surface area contributed by atoms with Gasteiger partial charge in [-0.3, -0.25) is 0 Å². The molecular weight excluding hydrogens is 314 g/mol. The lowest BCUT2D eigenvalue weighted by atomic mass is 10.2. The van der Waals surface area contributed by atoms with Crippen LogP contribution in [-0.4, -0.2) is 47.0 Å². The molecular formula is C12H17N3O4S2. The molecule has 1 heterocycles. The Labute approximate surface area is 124 Å². The highest BCUT2D eigenvalue weighted by Gasteiger charge is 2.23. The second-order valence-electron chi connectivity index (χ2n) is 4.95. The molecule has 0 saturated heterocycles. The van der Waals surface area contributed by atoms with Crippen molar-refractivity contribution in [2.45, 2.75) is 10.9 Å². The van der Waals surface area contributed by atoms with Gasteiger partial charge in [0.05, 0.1) is 28.1 Å². The van der Waals surface area contributed by atoms with E-state index in [4.69, 9.17) is 5.73 Å². The van der Waals surface area contributed by atoms with Gasteiger partial charge >= 0.3 is 0 Å². The first-order valence-corrected chi connectivity index (χ1v) is 9.27. The average molecular weight is 331 g/mol. The Bertz CT molecular complexity index is 783. The molecule has 1 atom stereocenters. The highest BCUT2D eigenvalue weighted by atomic mass is 32.2. The Balaban J connectivity index is 2.31. The number of benzene rings is 1. The summed E-state index contributed by atoms with van der Waals surface area (Å²) in [5.74, 6) is -0.0723. The summed E-state index contributed by atoms with van der Waals surface area (Å²) in [5.41, 5.74) is 6.56. The third-order valence-corrected chi connectivity index (χ3v) is 6.28. The molecule has 21 heavy (non-hydrogen) atoms. The molecule has 1 aromatic rings. The molecule has 0 spiro atoms. The smallest absolute Gasteiger partial charge is 0.242 e. The van der Waals surface area contributed by atoms with Crippen LogP contribution in [-0.2, 0) is 19.9 Å². The zero-order chi connectivity index (χ0) is 15.8. The van der Waals surface area contributed by atoms with E-state index in [1.165, 1.54) is 38.4 Å². The number of sulfonamides is 1. The third-order valence-electron chi connectivity index (χ3n) is 3.07. The molecule has 1 aliphatic heterocycles. The minimum Gasteiger partial charge on any atom is -0.397 e. The maximum Gasteiger partial charge on any atom is 0.242 e. The van der Waals surface area contributed by atoms with Crippen molar-refractivity contribution >= 4 is 31.2 Å². The summed E-state index contributed by atoms with van der Waals surface area (Å²) >= 11 is 0. The van der Waals surface area contributed by atoms with Crippen molar-refractivity contribution in [2.24, 2.45) is 0 Å². The lowest BCUT2D eigenvalue weighted by Gasteiger charge is -2.17. The molecule has 1 aliphatic rings. The van der Waals surface area contributed by atoms with E-state index in [0.717, 1.165) is 9.71 Å². The molecule has 3 N–H and O–H groups in total. The minimum atomic E-state index is -3.57. The van der Waals surface area contributed by atoms with E-state index in [0.29, 0.717) is 11.4 Å². The van der Waals surface area contributed by atoms with Crippen LogP contribution in [0, 0.1) is 0 Å². The van der Waals surface area contributed by atoms with Gasteiger partial charge in [-0.15, -0.1) is 0 Å². The van der Waals surface area contributed by atoms with E-state index >= 15 is 0 Å². The molecule has 0 aromatic heterocycles. The Hall–Kier alpha value is -1.58. The van der Waals surface area contributed by atoms with Gasteiger partial charge in [0.2, 0.25) is 10.0 Å². The predicted molar refractivity (Wildman–Crippen MR) is 82.1 cm³/mol. The van der Waals surface area contributed by atoms with Crippen LogP contribution in [0.1, 0.15) is 0 Å². The summed E-state index contributed by atoms with van der Waals surface area (Å²) in [4.78, 5) is 0.0917. The summed E-state index contributed by atoms with van der Waals surface area (Å²) in [6, 6.07) is 3.88. The first-order chi connectivity index (χ1) is 9.62. The van der Waals surface area contributed by atoms with Gasteiger partial charge in [0.25, 0.3) is 0 Å². The molecule has 0 aliphatic carbocycles. The fourth-order valence-electron chi connectivity index (χ4n) is 1.90. The largest absolute Gasteiger partial charge is 0.397 e. The predicted octanol–water partition coefficient (Wildman–Crippen LogP) is 0.242. The van der Waals surface area contributed by atoms with Crippen molar-refractivity contribution in [1.82, 2.24) is 4.31 Å². The van der Waals surface area contributed by atoms with Crippen molar-refractivity contribution < 1.29 is 16.8 Å². The number of rotatable bonds is 4. The Morgan fingerprint density at radius 3 is 2.52 bits per heavy atom. The van der Waals surface area contributed by atoms with Gasteiger partial charge in [0, 0.05) is 19.5 Å². The van der Waals surface area contributed by atoms with Crippen LogP contribution in [0.5, 0.6) is 0 Å². The van der Waals surface area contributed by atoms with Crippen molar-refractivity contribution in [3.63, 3.8) is 0 Å². The van der Waals surface area contributed by atoms with E-state index < -0.39 is 25.9 Å². The van der Waals surface area contributed by atoms with Gasteiger partial charge in [-0.1, -0.05) is 6.08 Å². The second kappa shape index (κ2) is 5.32. The van der Waals surface area contributed by atoms with Gasteiger partial charge in [-0.05, 0) is 18.2 Å². The van der Waals surface area contributed by atoms with Crippen molar-refractivity contribution in [2.75, 3.05) is 30.9 Å². The second-order valence-corrected chi connectivity index (χ2v) is 9.03. The molecule has 0 saturated carbocycles. The highest BCUT2D eigenvalue weighted by molar-refractivity contribution is 7.94. The number of hydrogen-bond acceptors (Lipinski definition) is 6. The van der Waals surface area contributed by atoms with Crippen LogP contribution < -0.4 is 11.1 Å². The lowest BCUT2D eigenvalue weighted by Crippen LogP contribution is -2.24. The van der Waals surface area contributed by atoms with Crippen molar-refractivity contribution in [1.29, 1.82) is 0 Å². The van der Waals surface area contributed by atoms with E-state index in [9.17, 15) is 16.8 Å². The van der Waals surface area contributed by atoms with Gasteiger partial charge in [-0.2, -0.15) is 0 Å². The van der Waals surface area contributed by atoms with Crippen molar-refractivity contribution in [3.8, 4) is 0 Å². The number of nitrogens with zero attached hydrogens (tertiary/aromatic N) is 1. The topological polar surface area (TPSA) is 110 Å². The number of sulfone groups is 1. The zero-order valence-corrected chi connectivity index (χ0v) is 13.3. The molecule has 7 nitrogen and oxygen atoms in total. The molecule has 0 amide bonds. The highest BCUT2D eigenvalue weighted by Crippen LogP contribution is 2.26. The van der Waals surface area contributed by atoms with Gasteiger partial charge < -0.3 is 11.1 Å². The monoisotopic (exact) mass is 331 g/mol. The molecule has 116 valence electrons. The Kier molecular flexibility index (Phi) is 4.00. The first-order valence-electron chi connectivity index (χ1n) is 6.11. The van der Waals surface area contributed by atoms with E-state index in [2.05, 4.69) is 5.32 Å². The molecule has 1 aromatic carbocycles. The van der Waals surface area contributed by atoms with E-state index in [-0.39, 0.29) is 10.6 Å². The SMILES string of the molecule is CN(C)S(=O)(=O)c1ccc(N)c(NC2C=CS(=O)(=O)C2)c1. The number of anilines is 2. The standard InChI is InChI=1S/C12H17N3O4S2/c1-15(2)21(18,19)10-3-4-11(13)12(7-10)14-9-5-6-20(16,17)8-9/h3-7,9,14H,8,13H2,1-2H3. The molecule has 0 fully saturated rings. The molecule has 1 unspecified atom stereocenters. The molecule has 0 bridgehead atoms. The lowest BCUT2D eigenvalue weighted by molar-refractivity contribution is 0.521. The summed E-state index contributed by atoms with van der Waals surface area (Å²) in [6.45, 7) is 0. The van der Waals surface area contributed by atoms with Gasteiger partial charge in [-0.25, -0.2) is 21.1 Å².